The van der Waals surface area contributed by atoms with Gasteiger partial charge < -0.3 is 10.1 Å². The van der Waals surface area contributed by atoms with E-state index in [0.29, 0.717) is 18.8 Å². The van der Waals surface area contributed by atoms with Gasteiger partial charge in [-0.15, -0.1) is 0 Å². The summed E-state index contributed by atoms with van der Waals surface area (Å²) in [6, 6.07) is 19.8. The number of amides is 1. The third kappa shape index (κ3) is 5.31. The van der Waals surface area contributed by atoms with Crippen molar-refractivity contribution >= 4 is 5.91 Å². The summed E-state index contributed by atoms with van der Waals surface area (Å²) < 4.78 is 6.68. The first-order chi connectivity index (χ1) is 14.1. The molecule has 0 aliphatic rings. The Morgan fingerprint density at radius 1 is 1.07 bits per heavy atom. The highest BCUT2D eigenvalue weighted by Crippen LogP contribution is 2.20. The zero-order valence-electron chi connectivity index (χ0n) is 16.7. The summed E-state index contributed by atoms with van der Waals surface area (Å²) in [5.41, 5.74) is 2.30. The zero-order valence-corrected chi connectivity index (χ0v) is 16.7. The van der Waals surface area contributed by atoms with Crippen LogP contribution in [-0.2, 0) is 11.2 Å². The molecule has 29 heavy (non-hydrogen) atoms. The second-order valence-corrected chi connectivity index (χ2v) is 6.66. The standard InChI is InChI=1S/C23H25N3O3/c1-3-29-20-11-9-19(10-12-20)21-13-14-22(27)26(25-21)17(2)23(28)24-16-15-18-7-5-4-6-8-18/h4-14,17H,3,15-16H2,1-2H3,(H,24,28). The number of nitrogens with one attached hydrogen (secondary N) is 1. The van der Waals surface area contributed by atoms with Crippen molar-refractivity contribution in [3.8, 4) is 17.0 Å². The number of aromatic nitrogens is 2. The van der Waals surface area contributed by atoms with Crippen LogP contribution >= 0.6 is 0 Å². The molecule has 6 nitrogen and oxygen atoms in total. The first-order valence-electron chi connectivity index (χ1n) is 9.73. The van der Waals surface area contributed by atoms with Crippen molar-refractivity contribution in [2.75, 3.05) is 13.2 Å². The van der Waals surface area contributed by atoms with E-state index in [-0.39, 0.29) is 11.5 Å². The first kappa shape index (κ1) is 20.3. The van der Waals surface area contributed by atoms with E-state index < -0.39 is 6.04 Å². The smallest absolute Gasteiger partial charge is 0.267 e. The Kier molecular flexibility index (Phi) is 6.79. The van der Waals surface area contributed by atoms with E-state index in [0.717, 1.165) is 23.3 Å². The van der Waals surface area contributed by atoms with Crippen LogP contribution in [0.15, 0.2) is 71.5 Å². The highest BCUT2D eigenvalue weighted by Gasteiger charge is 2.17. The van der Waals surface area contributed by atoms with Crippen molar-refractivity contribution in [2.45, 2.75) is 26.3 Å². The minimum atomic E-state index is -0.707. The van der Waals surface area contributed by atoms with Gasteiger partial charge in [0.1, 0.15) is 11.8 Å². The van der Waals surface area contributed by atoms with Crippen LogP contribution in [0.3, 0.4) is 0 Å². The molecule has 1 heterocycles. The molecule has 1 aromatic heterocycles. The van der Waals surface area contributed by atoms with Crippen molar-refractivity contribution < 1.29 is 9.53 Å². The Hall–Kier alpha value is -3.41. The fourth-order valence-corrected chi connectivity index (χ4v) is 2.98. The zero-order chi connectivity index (χ0) is 20.6. The summed E-state index contributed by atoms with van der Waals surface area (Å²) in [6.45, 7) is 4.70. The van der Waals surface area contributed by atoms with Crippen molar-refractivity contribution in [2.24, 2.45) is 0 Å². The van der Waals surface area contributed by atoms with Crippen LogP contribution in [-0.4, -0.2) is 28.8 Å². The monoisotopic (exact) mass is 391 g/mol. The van der Waals surface area contributed by atoms with Crippen molar-refractivity contribution in [3.63, 3.8) is 0 Å². The lowest BCUT2D eigenvalue weighted by Crippen LogP contribution is -2.37. The van der Waals surface area contributed by atoms with Crippen molar-refractivity contribution in [3.05, 3.63) is 82.6 Å². The lowest BCUT2D eigenvalue weighted by molar-refractivity contribution is -0.124. The van der Waals surface area contributed by atoms with Crippen LogP contribution in [0.5, 0.6) is 5.75 Å². The number of carbonyl (C=O) groups is 1. The fraction of sp³-hybridized carbons (Fsp3) is 0.261. The minimum Gasteiger partial charge on any atom is -0.494 e. The summed E-state index contributed by atoms with van der Waals surface area (Å²) in [4.78, 5) is 24.8. The van der Waals surface area contributed by atoms with Gasteiger partial charge in [0, 0.05) is 18.2 Å². The van der Waals surface area contributed by atoms with Gasteiger partial charge in [-0.05, 0) is 56.2 Å². The molecule has 0 spiro atoms. The Morgan fingerprint density at radius 3 is 2.48 bits per heavy atom. The van der Waals surface area contributed by atoms with Gasteiger partial charge in [-0.25, -0.2) is 4.68 Å². The molecular formula is C23H25N3O3. The van der Waals surface area contributed by atoms with Gasteiger partial charge in [-0.1, -0.05) is 30.3 Å². The van der Waals surface area contributed by atoms with Gasteiger partial charge in [0.2, 0.25) is 5.91 Å². The molecule has 1 N–H and O–H groups in total. The molecule has 150 valence electrons. The Morgan fingerprint density at radius 2 is 1.79 bits per heavy atom. The van der Waals surface area contributed by atoms with Crippen LogP contribution in [0.1, 0.15) is 25.5 Å². The molecule has 3 rings (SSSR count). The van der Waals surface area contributed by atoms with Crippen LogP contribution in [0.25, 0.3) is 11.3 Å². The van der Waals surface area contributed by atoms with Gasteiger partial charge in [0.15, 0.2) is 0 Å². The van der Waals surface area contributed by atoms with Gasteiger partial charge in [0.25, 0.3) is 5.56 Å². The molecule has 0 saturated heterocycles. The van der Waals surface area contributed by atoms with Crippen molar-refractivity contribution in [1.29, 1.82) is 0 Å². The highest BCUT2D eigenvalue weighted by molar-refractivity contribution is 5.79. The lowest BCUT2D eigenvalue weighted by atomic mass is 10.1. The van der Waals surface area contributed by atoms with Crippen LogP contribution in [0, 0.1) is 0 Å². The lowest BCUT2D eigenvalue weighted by Gasteiger charge is -2.15. The molecule has 1 unspecified atom stereocenters. The maximum absolute atomic E-state index is 12.5. The quantitative estimate of drug-likeness (QED) is 0.640. The molecule has 0 fully saturated rings. The number of hydrogen-bond acceptors (Lipinski definition) is 4. The molecule has 1 atom stereocenters. The molecule has 0 aliphatic heterocycles. The average molecular weight is 391 g/mol. The molecule has 6 heteroatoms. The van der Waals surface area contributed by atoms with E-state index in [2.05, 4.69) is 10.4 Å². The predicted octanol–water partition coefficient (Wildman–Crippen LogP) is 3.23. The Labute approximate surface area is 170 Å². The van der Waals surface area contributed by atoms with E-state index in [1.165, 1.54) is 10.7 Å². The van der Waals surface area contributed by atoms with Crippen LogP contribution < -0.4 is 15.6 Å². The van der Waals surface area contributed by atoms with Gasteiger partial charge in [-0.2, -0.15) is 5.10 Å². The topological polar surface area (TPSA) is 73.2 Å². The SMILES string of the molecule is CCOc1ccc(-c2ccc(=O)n(C(C)C(=O)NCCc3ccccc3)n2)cc1. The summed E-state index contributed by atoms with van der Waals surface area (Å²) in [5, 5.41) is 7.29. The number of carbonyl (C=O) groups excluding carboxylic acids is 1. The number of nitrogens with zero attached hydrogens (tertiary/aromatic N) is 2. The Bertz CT molecular complexity index is 998. The van der Waals surface area contributed by atoms with Gasteiger partial charge in [0.05, 0.1) is 12.3 Å². The minimum absolute atomic E-state index is 0.237. The number of ether oxygens (including phenoxy) is 1. The largest absolute Gasteiger partial charge is 0.494 e. The third-order valence-corrected chi connectivity index (χ3v) is 4.59. The second kappa shape index (κ2) is 9.68. The molecule has 1 amide bonds. The molecule has 2 aromatic carbocycles. The summed E-state index contributed by atoms with van der Waals surface area (Å²) in [7, 11) is 0. The van der Waals surface area contributed by atoms with E-state index in [4.69, 9.17) is 4.74 Å². The van der Waals surface area contributed by atoms with Gasteiger partial charge in [-0.3, -0.25) is 9.59 Å². The molecule has 3 aromatic rings. The van der Waals surface area contributed by atoms with Gasteiger partial charge >= 0.3 is 0 Å². The summed E-state index contributed by atoms with van der Waals surface area (Å²) >= 11 is 0. The fourth-order valence-electron chi connectivity index (χ4n) is 2.98. The van der Waals surface area contributed by atoms with E-state index >= 15 is 0 Å². The third-order valence-electron chi connectivity index (χ3n) is 4.59. The normalized spacial score (nSPS) is 11.7. The maximum Gasteiger partial charge on any atom is 0.267 e. The average Bonchev–Trinajstić information content (AvgIpc) is 2.75. The molecular weight excluding hydrogens is 366 g/mol. The van der Waals surface area contributed by atoms with E-state index in [1.807, 2.05) is 61.5 Å². The summed E-state index contributed by atoms with van der Waals surface area (Å²) in [5.74, 6) is 0.537. The number of hydrogen-bond donors (Lipinski definition) is 1. The number of benzene rings is 2. The molecule has 0 aliphatic carbocycles. The van der Waals surface area contributed by atoms with Crippen molar-refractivity contribution in [1.82, 2.24) is 15.1 Å². The van der Waals surface area contributed by atoms with E-state index in [1.54, 1.807) is 13.0 Å². The highest BCUT2D eigenvalue weighted by atomic mass is 16.5. The molecule has 0 bridgehead atoms. The molecule has 0 saturated carbocycles. The second-order valence-electron chi connectivity index (χ2n) is 6.66. The maximum atomic E-state index is 12.5. The van der Waals surface area contributed by atoms with E-state index in [9.17, 15) is 9.59 Å². The van der Waals surface area contributed by atoms with Crippen LogP contribution in [0.2, 0.25) is 0 Å². The predicted molar refractivity (Wildman–Crippen MR) is 113 cm³/mol. The summed E-state index contributed by atoms with van der Waals surface area (Å²) in [6.07, 6.45) is 0.730. The number of rotatable bonds is 8. The Balaban J connectivity index is 1.69. The molecule has 0 radical (unpaired) electrons. The first-order valence-corrected chi connectivity index (χ1v) is 9.73. The van der Waals surface area contributed by atoms with Crippen LogP contribution in [0.4, 0.5) is 0 Å².